The average Bonchev–Trinajstić information content (AvgIpc) is 2.94. The quantitative estimate of drug-likeness (QED) is 0.879. The van der Waals surface area contributed by atoms with Gasteiger partial charge in [0.05, 0.1) is 6.04 Å². The Kier molecular flexibility index (Phi) is 5.05. The van der Waals surface area contributed by atoms with E-state index in [0.717, 1.165) is 11.1 Å². The van der Waals surface area contributed by atoms with Gasteiger partial charge in [0.25, 0.3) is 0 Å². The van der Waals surface area contributed by atoms with Gasteiger partial charge >= 0.3 is 6.03 Å². The number of likely N-dealkylation sites (tertiary alicyclic amines) is 1. The third kappa shape index (κ3) is 4.32. The summed E-state index contributed by atoms with van der Waals surface area (Å²) in [5, 5.41) is 5.66. The van der Waals surface area contributed by atoms with Crippen LogP contribution in [0.3, 0.4) is 0 Å². The predicted octanol–water partition coefficient (Wildman–Crippen LogP) is 1.68. The summed E-state index contributed by atoms with van der Waals surface area (Å²) in [4.78, 5) is 29.8. The largest absolute Gasteiger partial charge is 0.336 e. The molecule has 1 atom stereocenters. The summed E-state index contributed by atoms with van der Waals surface area (Å²) < 4.78 is 0. The van der Waals surface area contributed by atoms with Crippen LogP contribution in [0.1, 0.15) is 17.5 Å². The van der Waals surface area contributed by atoms with Crippen molar-refractivity contribution in [1.82, 2.24) is 20.5 Å². The molecule has 0 spiro atoms. The molecule has 1 aromatic heterocycles. The van der Waals surface area contributed by atoms with Crippen molar-refractivity contribution in [3.63, 3.8) is 0 Å². The van der Waals surface area contributed by atoms with Crippen molar-refractivity contribution in [1.29, 1.82) is 0 Å². The van der Waals surface area contributed by atoms with Crippen LogP contribution in [0.25, 0.3) is 0 Å². The van der Waals surface area contributed by atoms with E-state index < -0.39 is 0 Å². The summed E-state index contributed by atoms with van der Waals surface area (Å²) in [7, 11) is 0. The van der Waals surface area contributed by atoms with E-state index in [0.29, 0.717) is 26.1 Å². The fourth-order valence-electron chi connectivity index (χ4n) is 2.74. The second kappa shape index (κ2) is 7.59. The van der Waals surface area contributed by atoms with Gasteiger partial charge in [-0.05, 0) is 23.3 Å². The Labute approximate surface area is 140 Å². The van der Waals surface area contributed by atoms with Gasteiger partial charge in [-0.15, -0.1) is 0 Å². The first-order chi connectivity index (χ1) is 11.7. The molecule has 2 heterocycles. The van der Waals surface area contributed by atoms with Crippen molar-refractivity contribution >= 4 is 11.9 Å². The molecular formula is C18H20N4O2. The van der Waals surface area contributed by atoms with Crippen molar-refractivity contribution < 1.29 is 9.59 Å². The average molecular weight is 324 g/mol. The number of aromatic nitrogens is 1. The lowest BCUT2D eigenvalue weighted by molar-refractivity contribution is -0.128. The van der Waals surface area contributed by atoms with E-state index in [9.17, 15) is 9.59 Å². The van der Waals surface area contributed by atoms with E-state index in [-0.39, 0.29) is 18.0 Å². The molecule has 1 saturated heterocycles. The van der Waals surface area contributed by atoms with E-state index >= 15 is 0 Å². The van der Waals surface area contributed by atoms with Crippen molar-refractivity contribution in [3.8, 4) is 0 Å². The van der Waals surface area contributed by atoms with E-state index in [1.54, 1.807) is 17.3 Å². The molecule has 2 N–H and O–H groups in total. The van der Waals surface area contributed by atoms with Crippen LogP contribution in [0.5, 0.6) is 0 Å². The molecule has 3 rings (SSSR count). The van der Waals surface area contributed by atoms with Crippen LogP contribution in [0.2, 0.25) is 0 Å². The fraction of sp³-hybridized carbons (Fsp3) is 0.278. The van der Waals surface area contributed by atoms with Gasteiger partial charge in [-0.1, -0.05) is 30.3 Å². The molecule has 1 aliphatic rings. The van der Waals surface area contributed by atoms with Gasteiger partial charge in [-0.2, -0.15) is 0 Å². The van der Waals surface area contributed by atoms with Crippen molar-refractivity contribution in [2.75, 3.05) is 6.54 Å². The molecule has 1 aliphatic heterocycles. The van der Waals surface area contributed by atoms with Crippen molar-refractivity contribution in [2.45, 2.75) is 25.6 Å². The van der Waals surface area contributed by atoms with Crippen molar-refractivity contribution in [2.24, 2.45) is 0 Å². The van der Waals surface area contributed by atoms with Gasteiger partial charge in [-0.3, -0.25) is 9.78 Å². The smallest absolute Gasteiger partial charge is 0.315 e. The second-order valence-electron chi connectivity index (χ2n) is 5.84. The normalized spacial score (nSPS) is 16.9. The zero-order valence-electron chi connectivity index (χ0n) is 13.3. The Morgan fingerprint density at radius 1 is 1.12 bits per heavy atom. The first kappa shape index (κ1) is 16.0. The number of hydrogen-bond acceptors (Lipinski definition) is 3. The number of rotatable bonds is 5. The minimum Gasteiger partial charge on any atom is -0.336 e. The molecule has 2 aromatic rings. The highest BCUT2D eigenvalue weighted by molar-refractivity contribution is 5.81. The summed E-state index contributed by atoms with van der Waals surface area (Å²) in [6, 6.07) is 13.1. The topological polar surface area (TPSA) is 74.3 Å². The first-order valence-corrected chi connectivity index (χ1v) is 7.95. The van der Waals surface area contributed by atoms with Crippen LogP contribution >= 0.6 is 0 Å². The Morgan fingerprint density at radius 2 is 1.88 bits per heavy atom. The Morgan fingerprint density at radius 3 is 2.62 bits per heavy atom. The molecule has 0 aliphatic carbocycles. The third-order valence-corrected chi connectivity index (χ3v) is 3.97. The predicted molar refractivity (Wildman–Crippen MR) is 89.9 cm³/mol. The third-order valence-electron chi connectivity index (χ3n) is 3.97. The Hall–Kier alpha value is -2.89. The number of pyridine rings is 1. The molecule has 3 amide bonds. The number of nitrogens with zero attached hydrogens (tertiary/aromatic N) is 2. The van der Waals surface area contributed by atoms with Gasteiger partial charge < -0.3 is 15.5 Å². The lowest BCUT2D eigenvalue weighted by atomic mass is 10.2. The van der Waals surface area contributed by atoms with E-state index in [1.165, 1.54) is 0 Å². The molecule has 1 fully saturated rings. The van der Waals surface area contributed by atoms with Crippen LogP contribution < -0.4 is 10.6 Å². The maximum atomic E-state index is 12.1. The molecule has 1 unspecified atom stereocenters. The summed E-state index contributed by atoms with van der Waals surface area (Å²) >= 11 is 0. The van der Waals surface area contributed by atoms with Crippen LogP contribution in [-0.2, 0) is 17.9 Å². The second-order valence-corrected chi connectivity index (χ2v) is 5.84. The van der Waals surface area contributed by atoms with Gasteiger partial charge in [0.15, 0.2) is 0 Å². The fourth-order valence-corrected chi connectivity index (χ4v) is 2.74. The lowest BCUT2D eigenvalue weighted by Gasteiger charge is -2.17. The van der Waals surface area contributed by atoms with Gasteiger partial charge in [0, 0.05) is 38.4 Å². The number of carbonyl (C=O) groups is 2. The number of benzene rings is 1. The Bertz CT molecular complexity index is 691. The minimum absolute atomic E-state index is 0.0679. The standard InChI is InChI=1S/C18H20N4O2/c23-17-10-16(13-22(17)12-15-4-2-1-3-5-15)21-18(24)20-11-14-6-8-19-9-7-14/h1-9,16H,10-13H2,(H2,20,21,24). The molecule has 0 bridgehead atoms. The van der Waals surface area contributed by atoms with E-state index in [2.05, 4.69) is 15.6 Å². The van der Waals surface area contributed by atoms with Crippen LogP contribution in [0.4, 0.5) is 4.79 Å². The summed E-state index contributed by atoms with van der Waals surface area (Å²) in [5.41, 5.74) is 2.07. The molecule has 24 heavy (non-hydrogen) atoms. The maximum Gasteiger partial charge on any atom is 0.315 e. The first-order valence-electron chi connectivity index (χ1n) is 7.95. The van der Waals surface area contributed by atoms with E-state index in [1.807, 2.05) is 42.5 Å². The molecule has 0 saturated carbocycles. The summed E-state index contributed by atoms with van der Waals surface area (Å²) in [6.07, 6.45) is 3.72. The van der Waals surface area contributed by atoms with Gasteiger partial charge in [-0.25, -0.2) is 4.79 Å². The molecule has 6 heteroatoms. The van der Waals surface area contributed by atoms with Gasteiger partial charge in [0.1, 0.15) is 0 Å². The number of hydrogen-bond donors (Lipinski definition) is 2. The lowest BCUT2D eigenvalue weighted by Crippen LogP contribution is -2.43. The number of amides is 3. The molecule has 6 nitrogen and oxygen atoms in total. The highest BCUT2D eigenvalue weighted by Crippen LogP contribution is 2.15. The zero-order valence-corrected chi connectivity index (χ0v) is 13.3. The van der Waals surface area contributed by atoms with Crippen LogP contribution in [0.15, 0.2) is 54.9 Å². The SMILES string of the molecule is O=C(NCc1ccncc1)NC1CC(=O)N(Cc2ccccc2)C1. The highest BCUT2D eigenvalue weighted by Gasteiger charge is 2.30. The monoisotopic (exact) mass is 324 g/mol. The number of carbonyl (C=O) groups excluding carboxylic acids is 2. The van der Waals surface area contributed by atoms with Crippen LogP contribution in [-0.4, -0.2) is 34.4 Å². The molecule has 1 aromatic carbocycles. The maximum absolute atomic E-state index is 12.1. The summed E-state index contributed by atoms with van der Waals surface area (Å²) in [5.74, 6) is 0.0679. The summed E-state index contributed by atoms with van der Waals surface area (Å²) in [6.45, 7) is 1.55. The van der Waals surface area contributed by atoms with E-state index in [4.69, 9.17) is 0 Å². The minimum atomic E-state index is -0.258. The number of urea groups is 1. The molecular weight excluding hydrogens is 304 g/mol. The molecule has 124 valence electrons. The Balaban J connectivity index is 1.46. The zero-order chi connectivity index (χ0) is 16.8. The molecule has 0 radical (unpaired) electrons. The van der Waals surface area contributed by atoms with Gasteiger partial charge in [0.2, 0.25) is 5.91 Å². The van der Waals surface area contributed by atoms with Crippen molar-refractivity contribution in [3.05, 3.63) is 66.0 Å². The number of nitrogens with one attached hydrogen (secondary N) is 2. The highest BCUT2D eigenvalue weighted by atomic mass is 16.2. The van der Waals surface area contributed by atoms with Crippen LogP contribution in [0, 0.1) is 0 Å².